The minimum absolute atomic E-state index is 0.0248. The molecule has 2 aromatic carbocycles. The van der Waals surface area contributed by atoms with Crippen LogP contribution in [0, 0.1) is 5.82 Å². The molecule has 0 aliphatic carbocycles. The average Bonchev–Trinajstić information content (AvgIpc) is 2.67. The van der Waals surface area contributed by atoms with Crippen molar-refractivity contribution in [1.82, 2.24) is 5.32 Å². The molecular formula is C20H21FN2O4. The number of benzene rings is 2. The van der Waals surface area contributed by atoms with Crippen LogP contribution >= 0.6 is 0 Å². The fraction of sp³-hybridized carbons (Fsp3) is 0.250. The van der Waals surface area contributed by atoms with Crippen molar-refractivity contribution in [3.63, 3.8) is 0 Å². The molecular weight excluding hydrogens is 351 g/mol. The van der Waals surface area contributed by atoms with E-state index in [1.165, 1.54) is 24.3 Å². The molecule has 6 nitrogen and oxygen atoms in total. The van der Waals surface area contributed by atoms with Crippen LogP contribution in [0.1, 0.15) is 24.8 Å². The first kappa shape index (κ1) is 20.1. The lowest BCUT2D eigenvalue weighted by Gasteiger charge is -2.11. The third-order valence-electron chi connectivity index (χ3n) is 3.78. The molecule has 0 spiro atoms. The standard InChI is InChI=1S/C20H21FN2O4/c1-14(15-5-3-2-4-6-15)11-20(26)27-13-19(25)22-12-18(24)23-17-9-7-16(21)8-10-17/h2-10,14H,11-13H2,1H3,(H,22,25)(H,23,24). The minimum Gasteiger partial charge on any atom is -0.456 e. The molecule has 0 aliphatic rings. The SMILES string of the molecule is CC(CC(=O)OCC(=O)NCC(=O)Nc1ccc(F)cc1)c1ccccc1. The topological polar surface area (TPSA) is 84.5 Å². The molecule has 0 aromatic heterocycles. The summed E-state index contributed by atoms with van der Waals surface area (Å²) in [6, 6.07) is 14.8. The molecule has 0 aliphatic heterocycles. The summed E-state index contributed by atoms with van der Waals surface area (Å²) < 4.78 is 17.7. The van der Waals surface area contributed by atoms with Crippen LogP contribution in [-0.2, 0) is 19.1 Å². The molecule has 0 saturated carbocycles. The van der Waals surface area contributed by atoms with E-state index in [2.05, 4.69) is 10.6 Å². The number of hydrogen-bond donors (Lipinski definition) is 2. The Balaban J connectivity index is 1.65. The summed E-state index contributed by atoms with van der Waals surface area (Å²) in [6.07, 6.45) is 0.155. The predicted octanol–water partition coefficient (Wildman–Crippen LogP) is 2.62. The molecule has 0 bridgehead atoms. The van der Waals surface area contributed by atoms with Crippen molar-refractivity contribution < 1.29 is 23.5 Å². The number of ether oxygens (including phenoxy) is 1. The molecule has 0 fully saturated rings. The number of anilines is 1. The average molecular weight is 372 g/mol. The van der Waals surface area contributed by atoms with E-state index in [0.29, 0.717) is 5.69 Å². The number of carbonyl (C=O) groups is 3. The van der Waals surface area contributed by atoms with Gasteiger partial charge in [0.05, 0.1) is 13.0 Å². The van der Waals surface area contributed by atoms with Crippen LogP contribution in [0.15, 0.2) is 54.6 Å². The van der Waals surface area contributed by atoms with E-state index < -0.39 is 30.2 Å². The summed E-state index contributed by atoms with van der Waals surface area (Å²) in [5, 5.41) is 4.86. The zero-order valence-corrected chi connectivity index (χ0v) is 14.9. The molecule has 0 heterocycles. The Labute approximate surface area is 156 Å². The van der Waals surface area contributed by atoms with Crippen LogP contribution in [-0.4, -0.2) is 30.9 Å². The van der Waals surface area contributed by atoms with Gasteiger partial charge in [-0.25, -0.2) is 4.39 Å². The van der Waals surface area contributed by atoms with Gasteiger partial charge in [0, 0.05) is 5.69 Å². The smallest absolute Gasteiger partial charge is 0.306 e. The lowest BCUT2D eigenvalue weighted by Crippen LogP contribution is -2.35. The molecule has 2 rings (SSSR count). The monoisotopic (exact) mass is 372 g/mol. The molecule has 2 N–H and O–H groups in total. The van der Waals surface area contributed by atoms with Gasteiger partial charge in [0.2, 0.25) is 5.91 Å². The van der Waals surface area contributed by atoms with Gasteiger partial charge >= 0.3 is 5.97 Å². The Morgan fingerprint density at radius 3 is 2.33 bits per heavy atom. The van der Waals surface area contributed by atoms with Gasteiger partial charge in [-0.05, 0) is 35.7 Å². The third kappa shape index (κ3) is 7.27. The number of halogens is 1. The number of rotatable bonds is 8. The van der Waals surface area contributed by atoms with E-state index in [4.69, 9.17) is 4.74 Å². The summed E-state index contributed by atoms with van der Waals surface area (Å²) in [4.78, 5) is 35.2. The highest BCUT2D eigenvalue weighted by Gasteiger charge is 2.14. The summed E-state index contributed by atoms with van der Waals surface area (Å²) in [6.45, 7) is 1.16. The van der Waals surface area contributed by atoms with Gasteiger partial charge in [-0.2, -0.15) is 0 Å². The first-order valence-corrected chi connectivity index (χ1v) is 8.46. The third-order valence-corrected chi connectivity index (χ3v) is 3.78. The zero-order chi connectivity index (χ0) is 19.6. The van der Waals surface area contributed by atoms with E-state index in [1.54, 1.807) is 0 Å². The molecule has 142 valence electrons. The number of amides is 2. The number of carbonyl (C=O) groups excluding carboxylic acids is 3. The Morgan fingerprint density at radius 1 is 1.00 bits per heavy atom. The van der Waals surface area contributed by atoms with Gasteiger partial charge in [-0.3, -0.25) is 14.4 Å². The highest BCUT2D eigenvalue weighted by molar-refractivity contribution is 5.94. The maximum absolute atomic E-state index is 12.8. The van der Waals surface area contributed by atoms with Crippen LogP contribution in [0.25, 0.3) is 0 Å². The normalized spacial score (nSPS) is 11.3. The van der Waals surface area contributed by atoms with E-state index in [9.17, 15) is 18.8 Å². The van der Waals surface area contributed by atoms with Gasteiger partial charge < -0.3 is 15.4 Å². The summed E-state index contributed by atoms with van der Waals surface area (Å²) >= 11 is 0. The zero-order valence-electron chi connectivity index (χ0n) is 14.9. The van der Waals surface area contributed by atoms with Gasteiger partial charge in [-0.15, -0.1) is 0 Å². The van der Waals surface area contributed by atoms with Crippen LogP contribution in [0.4, 0.5) is 10.1 Å². The van der Waals surface area contributed by atoms with Crippen molar-refractivity contribution in [3.05, 3.63) is 66.0 Å². The maximum Gasteiger partial charge on any atom is 0.306 e. The van der Waals surface area contributed by atoms with Crippen LogP contribution < -0.4 is 10.6 Å². The Kier molecular flexibility index (Phi) is 7.49. The number of nitrogens with one attached hydrogen (secondary N) is 2. The second kappa shape index (κ2) is 10.1. The van der Waals surface area contributed by atoms with E-state index in [1.807, 2.05) is 37.3 Å². The first-order chi connectivity index (χ1) is 12.9. The molecule has 1 atom stereocenters. The fourth-order valence-corrected chi connectivity index (χ4v) is 2.32. The Bertz CT molecular complexity index is 778. The minimum atomic E-state index is -0.579. The Morgan fingerprint density at radius 2 is 1.67 bits per heavy atom. The van der Waals surface area contributed by atoms with E-state index in [-0.39, 0.29) is 18.9 Å². The quantitative estimate of drug-likeness (QED) is 0.698. The van der Waals surface area contributed by atoms with Crippen molar-refractivity contribution in [2.75, 3.05) is 18.5 Å². The molecule has 0 radical (unpaired) electrons. The van der Waals surface area contributed by atoms with Crippen molar-refractivity contribution in [3.8, 4) is 0 Å². The molecule has 27 heavy (non-hydrogen) atoms. The van der Waals surface area contributed by atoms with Gasteiger partial charge in [0.25, 0.3) is 5.91 Å². The van der Waals surface area contributed by atoms with E-state index >= 15 is 0 Å². The highest BCUT2D eigenvalue weighted by atomic mass is 19.1. The van der Waals surface area contributed by atoms with Gasteiger partial charge in [0.15, 0.2) is 6.61 Å². The van der Waals surface area contributed by atoms with Crippen molar-refractivity contribution >= 4 is 23.5 Å². The van der Waals surface area contributed by atoms with Gasteiger partial charge in [0.1, 0.15) is 5.82 Å². The molecule has 0 saturated heterocycles. The summed E-state index contributed by atoms with van der Waals surface area (Å²) in [5.41, 5.74) is 1.42. The van der Waals surface area contributed by atoms with Gasteiger partial charge in [-0.1, -0.05) is 37.3 Å². The van der Waals surface area contributed by atoms with Crippen LogP contribution in [0.2, 0.25) is 0 Å². The lowest BCUT2D eigenvalue weighted by molar-refractivity contribution is -0.148. The first-order valence-electron chi connectivity index (χ1n) is 8.46. The van der Waals surface area contributed by atoms with Crippen molar-refractivity contribution in [2.24, 2.45) is 0 Å². The van der Waals surface area contributed by atoms with Crippen molar-refractivity contribution in [1.29, 1.82) is 0 Å². The summed E-state index contributed by atoms with van der Waals surface area (Å²) in [7, 11) is 0. The molecule has 2 aromatic rings. The molecule has 7 heteroatoms. The molecule has 1 unspecified atom stereocenters. The second-order valence-corrected chi connectivity index (χ2v) is 6.01. The number of hydrogen-bond acceptors (Lipinski definition) is 4. The van der Waals surface area contributed by atoms with E-state index in [0.717, 1.165) is 5.56 Å². The Hall–Kier alpha value is -3.22. The lowest BCUT2D eigenvalue weighted by atomic mass is 9.98. The maximum atomic E-state index is 12.8. The summed E-state index contributed by atoms with van der Waals surface area (Å²) in [5.74, 6) is -1.98. The van der Waals surface area contributed by atoms with Crippen LogP contribution in [0.5, 0.6) is 0 Å². The largest absolute Gasteiger partial charge is 0.456 e. The second-order valence-electron chi connectivity index (χ2n) is 6.01. The van der Waals surface area contributed by atoms with Crippen molar-refractivity contribution in [2.45, 2.75) is 19.3 Å². The highest BCUT2D eigenvalue weighted by Crippen LogP contribution is 2.18. The molecule has 2 amide bonds. The fourth-order valence-electron chi connectivity index (χ4n) is 2.32. The number of esters is 1. The predicted molar refractivity (Wildman–Crippen MR) is 98.5 cm³/mol. The van der Waals surface area contributed by atoms with Crippen LogP contribution in [0.3, 0.4) is 0 Å².